The second-order valence-electron chi connectivity index (χ2n) is 3.48. The molecule has 0 heterocycles. The molecule has 17 heavy (non-hydrogen) atoms. The number of carbonyl (C=O) groups excluding carboxylic acids is 2. The van der Waals surface area contributed by atoms with E-state index in [-0.39, 0.29) is 24.8 Å². The average Bonchev–Trinajstić information content (AvgIpc) is 2.33. The van der Waals surface area contributed by atoms with Gasteiger partial charge in [0.1, 0.15) is 6.61 Å². The molecule has 100 valence electrons. The summed E-state index contributed by atoms with van der Waals surface area (Å²) < 4.78 is 5.12. The highest BCUT2D eigenvalue weighted by atomic mass is 32.2. The van der Waals surface area contributed by atoms with Gasteiger partial charge in [-0.05, 0) is 6.42 Å². The van der Waals surface area contributed by atoms with Crippen LogP contribution in [0.15, 0.2) is 0 Å². The number of hydrazine groups is 1. The van der Waals surface area contributed by atoms with Gasteiger partial charge in [-0.1, -0.05) is 31.7 Å². The van der Waals surface area contributed by atoms with Crippen molar-refractivity contribution in [2.24, 2.45) is 5.14 Å². The number of nitrogens with one attached hydrogen (secondary N) is 2. The van der Waals surface area contributed by atoms with Gasteiger partial charge in [-0.15, -0.1) is 0 Å². The molecule has 0 aromatic heterocycles. The zero-order valence-electron chi connectivity index (χ0n) is 10.2. The third kappa shape index (κ3) is 11.5. The summed E-state index contributed by atoms with van der Waals surface area (Å²) in [5.41, 5.74) is 4.55. The maximum Gasteiger partial charge on any atom is 0.264 e. The van der Waals surface area contributed by atoms with Crippen molar-refractivity contribution in [3.05, 3.63) is 0 Å². The van der Waals surface area contributed by atoms with Gasteiger partial charge < -0.3 is 4.74 Å². The summed E-state index contributed by atoms with van der Waals surface area (Å²) in [5, 5.41) is 5.17. The van der Waals surface area contributed by atoms with Crippen molar-refractivity contribution in [3.8, 4) is 0 Å². The van der Waals surface area contributed by atoms with Crippen LogP contribution in [0.2, 0.25) is 0 Å². The number of amides is 2. The van der Waals surface area contributed by atoms with E-state index in [0.29, 0.717) is 12.4 Å². The van der Waals surface area contributed by atoms with E-state index in [2.05, 4.69) is 17.8 Å². The third-order valence-corrected chi connectivity index (χ3v) is 2.35. The van der Waals surface area contributed by atoms with Crippen molar-refractivity contribution in [1.82, 2.24) is 10.9 Å². The van der Waals surface area contributed by atoms with Gasteiger partial charge in [0.2, 0.25) is 5.91 Å². The van der Waals surface area contributed by atoms with Gasteiger partial charge in [0.25, 0.3) is 5.91 Å². The van der Waals surface area contributed by atoms with E-state index in [1.807, 2.05) is 0 Å². The van der Waals surface area contributed by atoms with E-state index in [1.165, 1.54) is 0 Å². The van der Waals surface area contributed by atoms with E-state index >= 15 is 0 Å². The molecule has 0 spiro atoms. The summed E-state index contributed by atoms with van der Waals surface area (Å²) in [4.78, 5) is 22.3. The fraction of sp³-hybridized carbons (Fsp3) is 0.800. The highest BCUT2D eigenvalue weighted by molar-refractivity contribution is 7.97. The van der Waals surface area contributed by atoms with Crippen molar-refractivity contribution in [1.29, 1.82) is 0 Å². The van der Waals surface area contributed by atoms with Crippen LogP contribution in [0.1, 0.15) is 32.6 Å². The molecule has 0 aromatic rings. The van der Waals surface area contributed by atoms with Gasteiger partial charge in [0, 0.05) is 18.8 Å². The number of nitrogens with two attached hydrogens (primary N) is 1. The molecule has 0 fully saturated rings. The highest BCUT2D eigenvalue weighted by Gasteiger charge is 2.04. The number of hydrogen-bond donors (Lipinski definition) is 3. The lowest BCUT2D eigenvalue weighted by molar-refractivity contribution is -0.131. The van der Waals surface area contributed by atoms with Gasteiger partial charge in [0.05, 0.1) is 0 Å². The van der Waals surface area contributed by atoms with Crippen molar-refractivity contribution in [2.45, 2.75) is 32.6 Å². The largest absolute Gasteiger partial charge is 0.372 e. The van der Waals surface area contributed by atoms with E-state index in [4.69, 9.17) is 9.88 Å². The summed E-state index contributed by atoms with van der Waals surface area (Å²) >= 11 is 1.09. The molecule has 7 heteroatoms. The first-order valence-corrected chi connectivity index (χ1v) is 6.72. The molecule has 0 aliphatic carbocycles. The zero-order valence-corrected chi connectivity index (χ0v) is 11.0. The number of rotatable bonds is 9. The lowest BCUT2D eigenvalue weighted by Gasteiger charge is -2.07. The molecule has 0 atom stereocenters. The Labute approximate surface area is 106 Å². The van der Waals surface area contributed by atoms with E-state index < -0.39 is 0 Å². The van der Waals surface area contributed by atoms with Crippen molar-refractivity contribution < 1.29 is 14.3 Å². The molecule has 6 nitrogen and oxygen atoms in total. The minimum atomic E-state index is -0.352. The molecule has 0 saturated heterocycles. The van der Waals surface area contributed by atoms with Gasteiger partial charge >= 0.3 is 0 Å². The summed E-state index contributed by atoms with van der Waals surface area (Å²) in [6.07, 6.45) is 3.43. The summed E-state index contributed by atoms with van der Waals surface area (Å²) in [5.74, 6) is -0.0904. The van der Waals surface area contributed by atoms with Crippen LogP contribution in [0.5, 0.6) is 0 Å². The van der Waals surface area contributed by atoms with E-state index in [9.17, 15) is 9.59 Å². The Morgan fingerprint density at radius 2 is 1.94 bits per heavy atom. The zero-order chi connectivity index (χ0) is 12.9. The van der Waals surface area contributed by atoms with Crippen LogP contribution in [0, 0.1) is 0 Å². The Kier molecular flexibility index (Phi) is 11.1. The molecule has 0 bridgehead atoms. The maximum absolute atomic E-state index is 11.2. The average molecular weight is 263 g/mol. The number of carbonyl (C=O) groups is 2. The fourth-order valence-corrected chi connectivity index (χ4v) is 1.31. The Bertz CT molecular complexity index is 227. The first kappa shape index (κ1) is 16.2. The highest BCUT2D eigenvalue weighted by Crippen LogP contribution is 1.93. The standard InChI is InChI=1S/C10H21N3O3S/c1-2-3-4-6-16-8-10(15)13-12-9(14)5-7-17-11/h2-8,11H2,1H3,(H,12,14)(H,13,15). The normalized spacial score (nSPS) is 10.0. The predicted octanol–water partition coefficient (Wildman–Crippen LogP) is 0.338. The molecule has 4 N–H and O–H groups in total. The van der Waals surface area contributed by atoms with Crippen molar-refractivity contribution in [3.63, 3.8) is 0 Å². The predicted molar refractivity (Wildman–Crippen MR) is 67.9 cm³/mol. The molecule has 0 unspecified atom stereocenters. The molecule has 2 amide bonds. The van der Waals surface area contributed by atoms with E-state index in [1.54, 1.807) is 0 Å². The van der Waals surface area contributed by atoms with Crippen LogP contribution in [-0.4, -0.2) is 30.8 Å². The van der Waals surface area contributed by atoms with Gasteiger partial charge in [-0.3, -0.25) is 25.6 Å². The topological polar surface area (TPSA) is 93.5 Å². The second-order valence-corrected chi connectivity index (χ2v) is 4.22. The van der Waals surface area contributed by atoms with Gasteiger partial charge in [0.15, 0.2) is 0 Å². The van der Waals surface area contributed by atoms with Crippen LogP contribution in [-0.2, 0) is 14.3 Å². The lowest BCUT2D eigenvalue weighted by atomic mass is 10.3. The monoisotopic (exact) mass is 263 g/mol. The second kappa shape index (κ2) is 11.7. The first-order chi connectivity index (χ1) is 8.20. The molecule has 0 aliphatic rings. The van der Waals surface area contributed by atoms with E-state index in [0.717, 1.165) is 31.2 Å². The van der Waals surface area contributed by atoms with Crippen molar-refractivity contribution in [2.75, 3.05) is 19.0 Å². The smallest absolute Gasteiger partial charge is 0.264 e. The van der Waals surface area contributed by atoms with Crippen LogP contribution in [0.3, 0.4) is 0 Å². The van der Waals surface area contributed by atoms with Crippen molar-refractivity contribution >= 4 is 23.8 Å². The first-order valence-electron chi connectivity index (χ1n) is 5.67. The van der Waals surface area contributed by atoms with Gasteiger partial charge in [-0.2, -0.15) is 0 Å². The van der Waals surface area contributed by atoms with Crippen LogP contribution >= 0.6 is 11.9 Å². The molecule has 0 aromatic carbocycles. The fourth-order valence-electron chi connectivity index (χ4n) is 1.01. The number of unbranched alkanes of at least 4 members (excludes halogenated alkanes) is 2. The molecule has 0 saturated carbocycles. The maximum atomic E-state index is 11.2. The van der Waals surface area contributed by atoms with Crippen LogP contribution in [0.4, 0.5) is 0 Å². The molecular formula is C10H21N3O3S. The molecule has 0 rings (SSSR count). The molecule has 0 radical (unpaired) electrons. The Balaban J connectivity index is 3.36. The quantitative estimate of drug-likeness (QED) is 0.317. The molecular weight excluding hydrogens is 242 g/mol. The lowest BCUT2D eigenvalue weighted by Crippen LogP contribution is -2.43. The Morgan fingerprint density at radius 1 is 1.24 bits per heavy atom. The molecule has 0 aliphatic heterocycles. The number of ether oxygens (including phenoxy) is 1. The summed E-state index contributed by atoms with van der Waals surface area (Å²) in [7, 11) is 0. The summed E-state index contributed by atoms with van der Waals surface area (Å²) in [6.45, 7) is 2.64. The summed E-state index contributed by atoms with van der Waals surface area (Å²) in [6, 6.07) is 0. The SMILES string of the molecule is CCCCCOCC(=O)NNC(=O)CCSN. The third-order valence-electron chi connectivity index (χ3n) is 1.91. The Morgan fingerprint density at radius 3 is 2.59 bits per heavy atom. The number of hydrogen-bond acceptors (Lipinski definition) is 5. The van der Waals surface area contributed by atoms with Crippen LogP contribution < -0.4 is 16.0 Å². The van der Waals surface area contributed by atoms with Gasteiger partial charge in [-0.25, -0.2) is 0 Å². The van der Waals surface area contributed by atoms with Crippen LogP contribution in [0.25, 0.3) is 0 Å². The Hall–Kier alpha value is -0.790. The minimum absolute atomic E-state index is 0.0321. The minimum Gasteiger partial charge on any atom is -0.372 e.